The molecule has 10 rings (SSSR count). The van der Waals surface area contributed by atoms with E-state index < -0.39 is 168 Å². The van der Waals surface area contributed by atoms with Crippen LogP contribution in [0.1, 0.15) is 175 Å². The fraction of sp³-hybridized carbons (Fsp3) is 0.646. The van der Waals surface area contributed by atoms with Gasteiger partial charge in [0.05, 0.1) is 83.9 Å². The molecule has 7 heterocycles. The highest BCUT2D eigenvalue weighted by Gasteiger charge is 2.66. The van der Waals surface area contributed by atoms with Crippen LogP contribution < -0.4 is 31.1 Å². The number of aliphatic hydroxyl groups is 6. The Hall–Kier alpha value is -6.99. The third-order valence-corrected chi connectivity index (χ3v) is 35.9. The summed E-state index contributed by atoms with van der Waals surface area (Å²) >= 11 is 16.5. The van der Waals surface area contributed by atoms with Crippen molar-refractivity contribution in [3.8, 4) is 11.8 Å². The summed E-state index contributed by atoms with van der Waals surface area (Å²) in [7, 11) is 17.6. The predicted molar refractivity (Wildman–Crippen MR) is 546 cm³/mol. The number of aliphatic hydroxyl groups excluding tert-OH is 4. The van der Waals surface area contributed by atoms with E-state index in [2.05, 4.69) is 54.0 Å². The van der Waals surface area contributed by atoms with E-state index in [1.165, 1.54) is 96.4 Å². The zero-order valence-corrected chi connectivity index (χ0v) is 89.8. The molecule has 7 aliphatic heterocycles. The van der Waals surface area contributed by atoms with Gasteiger partial charge in [0.15, 0.2) is 11.4 Å². The van der Waals surface area contributed by atoms with Gasteiger partial charge in [-0.3, -0.25) is 69.3 Å². The zero-order valence-electron chi connectivity index (χ0n) is 82.3. The first kappa shape index (κ1) is 118. The molecule has 6 fully saturated rings. The van der Waals surface area contributed by atoms with Crippen LogP contribution in [0.15, 0.2) is 71.9 Å². The van der Waals surface area contributed by atoms with Gasteiger partial charge in [-0.25, -0.2) is 19.2 Å². The lowest BCUT2D eigenvalue weighted by Crippen LogP contribution is -2.62. The number of thioether (sulfide) groups is 2. The van der Waals surface area contributed by atoms with Crippen molar-refractivity contribution in [3.05, 3.63) is 104 Å². The average molecular weight is 2100 g/mol. The van der Waals surface area contributed by atoms with E-state index in [0.717, 1.165) is 40.9 Å². The second-order valence-electron chi connectivity index (χ2n) is 36.5. The number of nitrogens with zero attached hydrogens (tertiary/aromatic N) is 5. The highest BCUT2D eigenvalue weighted by Crippen LogP contribution is 2.52. The number of hydrogen-bond acceptors (Lipinski definition) is 29. The van der Waals surface area contributed by atoms with E-state index in [1.54, 1.807) is 125 Å². The van der Waals surface area contributed by atoms with E-state index in [1.807, 2.05) is 34.0 Å². The Morgan fingerprint density at radius 2 is 1.13 bits per heavy atom. The largest absolute Gasteiger partial charge is 0.457 e. The number of halogens is 2. The van der Waals surface area contributed by atoms with Gasteiger partial charge in [-0.2, -0.15) is 11.8 Å². The molecule has 1 aliphatic carbocycles. The number of carbonyl (C=O) groups excluding carboxylic acids is 12. The summed E-state index contributed by atoms with van der Waals surface area (Å²) in [4.78, 5) is 165. The quantitative estimate of drug-likeness (QED) is 0.00481. The molecular weight excluding hydrogens is 1960 g/mol. The molecule has 768 valence electrons. The molecule has 8 bridgehead atoms. The van der Waals surface area contributed by atoms with E-state index in [9.17, 15) is 88.2 Å². The smallest absolute Gasteiger partial charge is 0.409 e. The summed E-state index contributed by atoms with van der Waals surface area (Å²) in [6.45, 7) is 18.1. The van der Waals surface area contributed by atoms with Crippen molar-refractivity contribution in [3.63, 3.8) is 0 Å². The number of likely N-dealkylation sites (N-methyl/N-ethyl adjacent to an activating group) is 2. The lowest BCUT2D eigenvalue weighted by atomic mass is 9.81. The molecule has 138 heavy (non-hydrogen) atoms. The van der Waals surface area contributed by atoms with Crippen LogP contribution in [0.25, 0.3) is 0 Å². The van der Waals surface area contributed by atoms with Gasteiger partial charge in [-0.15, -0.1) is 23.9 Å². The average Bonchev–Trinajstić information content (AvgIpc) is 1.57. The Morgan fingerprint density at radius 3 is 1.52 bits per heavy atom. The molecule has 2 aromatic rings. The summed E-state index contributed by atoms with van der Waals surface area (Å²) in [6, 6.07) is 4.77. The Kier molecular flexibility index (Phi) is 46.7. The lowest BCUT2D eigenvalue weighted by molar-refractivity contribution is -0.162. The van der Waals surface area contributed by atoms with Gasteiger partial charge in [0.1, 0.15) is 47.7 Å². The van der Waals surface area contributed by atoms with Crippen molar-refractivity contribution in [2.75, 3.05) is 108 Å². The molecule has 18 atom stereocenters. The number of esters is 2. The number of carbonyl (C=O) groups is 12. The summed E-state index contributed by atoms with van der Waals surface area (Å²) in [5, 5.41) is 74.8. The number of rotatable bonds is 26. The van der Waals surface area contributed by atoms with Gasteiger partial charge in [0, 0.05) is 134 Å². The third-order valence-electron chi connectivity index (χ3n) is 26.6. The first-order valence-electron chi connectivity index (χ1n) is 46.1. The fourth-order valence-corrected chi connectivity index (χ4v) is 21.6. The Bertz CT molecular complexity index is 4960. The fourth-order valence-electron chi connectivity index (χ4n) is 17.2. The van der Waals surface area contributed by atoms with Crippen LogP contribution in [-0.4, -0.2) is 297 Å². The zero-order chi connectivity index (χ0) is 103. The van der Waals surface area contributed by atoms with Crippen LogP contribution in [0.3, 0.4) is 0 Å². The Labute approximate surface area is 842 Å². The first-order valence-corrected chi connectivity index (χ1v) is 56.5. The normalized spacial score (nSPS) is 29.7. The van der Waals surface area contributed by atoms with Crippen molar-refractivity contribution in [2.24, 2.45) is 35.5 Å². The molecule has 2 aromatic carbocycles. The third kappa shape index (κ3) is 32.3. The van der Waals surface area contributed by atoms with Crippen molar-refractivity contribution in [1.29, 1.82) is 0 Å². The SMILES string of the molecule is CC#CCSC.CNC(=O)C1CCC(CN2C(=O)CC(SCCC(=O)N(C)[C@@H](C)C(=O)O[C@H]3CC(=O)N(C)c4cc(cc(CO)c4Cl)C/C(C)=C/C=C/[C@@H](CO)[C@@]4(O)C[C@H](OC(=O)N4)[C@@H](C)[C@@H]4O[C@@]34C)C2=O)CC1.CNC(=O)CCC(C)SSCCC(=O)N(C)[C@@H](C)C(=O)O[C@H]1CC(=O)N(C)c2cc(cc(CO)c2Cl)C/C(C)=C/C=C/[C@@H](CO)[C@@]2(O)C[C@H](OC(=O)N2)[C@@H](C)[C@@H]2O[C@@]12C.CP=[S-](C)=P. The molecule has 1 saturated carbocycles. The van der Waals surface area contributed by atoms with E-state index in [0.29, 0.717) is 82.6 Å². The van der Waals surface area contributed by atoms with Crippen LogP contribution >= 0.6 is 83.7 Å². The van der Waals surface area contributed by atoms with Crippen LogP contribution in [-0.2, 0) is 112 Å². The molecule has 5 saturated heterocycles. The number of allylic oxidation sites excluding steroid dienone is 6. The lowest BCUT2D eigenvalue weighted by Gasteiger charge is -2.42. The molecule has 8 aliphatic rings. The number of anilines is 2. The van der Waals surface area contributed by atoms with Gasteiger partial charge < -0.3 is 98.5 Å². The monoisotopic (exact) mass is 2090 g/mol. The first-order chi connectivity index (χ1) is 65.1. The maximum Gasteiger partial charge on any atom is 0.409 e. The van der Waals surface area contributed by atoms with Crippen LogP contribution in [0.5, 0.6) is 0 Å². The highest BCUT2D eigenvalue weighted by atomic mass is 35.5. The molecule has 10 N–H and O–H groups in total. The minimum atomic E-state index is -1.91. The molecule has 0 spiro atoms. The van der Waals surface area contributed by atoms with Crippen molar-refractivity contribution in [2.45, 2.75) is 261 Å². The second-order valence-corrected chi connectivity index (χ2v) is 49.3. The number of benzene rings is 2. The number of fused-ring (bicyclic) bond motifs is 10. The molecule has 10 amide bonds. The Balaban J connectivity index is 0.000000341. The number of likely N-dealkylation sites (tertiary alicyclic amines) is 1. The van der Waals surface area contributed by atoms with Crippen molar-refractivity contribution < 1.29 is 117 Å². The second kappa shape index (κ2) is 54.6. The summed E-state index contributed by atoms with van der Waals surface area (Å²) in [5.41, 5.74) is -1.78. The van der Waals surface area contributed by atoms with E-state index in [4.69, 9.17) is 51.6 Å². The maximum absolute atomic E-state index is 14.3. The molecule has 0 radical (unpaired) electrons. The number of ether oxygens (including phenoxy) is 6. The number of nitrogens with one attached hydrogen (secondary N) is 4. The van der Waals surface area contributed by atoms with Gasteiger partial charge in [-0.1, -0.05) is 131 Å². The summed E-state index contributed by atoms with van der Waals surface area (Å²) in [5.74, 6) is 0.506. The van der Waals surface area contributed by atoms with E-state index in [-0.39, 0.29) is 108 Å². The summed E-state index contributed by atoms with van der Waals surface area (Å²) < 4.78 is 36.1. The van der Waals surface area contributed by atoms with Gasteiger partial charge in [0.25, 0.3) is 0 Å². The molecular formula is C96H140Cl2N9O24P2S5-. The van der Waals surface area contributed by atoms with Crippen molar-refractivity contribution in [1.82, 2.24) is 36.0 Å². The van der Waals surface area contributed by atoms with Gasteiger partial charge in [0.2, 0.25) is 47.3 Å². The predicted octanol–water partition coefficient (Wildman–Crippen LogP) is 10.8. The molecule has 42 heteroatoms. The summed E-state index contributed by atoms with van der Waals surface area (Å²) in [6.07, 6.45) is 10.7. The number of amides is 10. The number of imide groups is 1. The molecule has 33 nitrogen and oxygen atoms in total. The molecule has 0 aromatic heterocycles. The highest BCUT2D eigenvalue weighted by molar-refractivity contribution is 8.76. The minimum Gasteiger partial charge on any atom is -0.457 e. The number of epoxide rings is 2. The van der Waals surface area contributed by atoms with Crippen LogP contribution in [0.4, 0.5) is 21.0 Å². The van der Waals surface area contributed by atoms with Gasteiger partial charge >= 0.3 is 24.1 Å². The van der Waals surface area contributed by atoms with Crippen molar-refractivity contribution >= 4 is 176 Å². The topological polar surface area (TPSA) is 453 Å². The number of alkyl carbamates (subject to hydrolysis) is 2. The van der Waals surface area contributed by atoms with E-state index >= 15 is 0 Å². The standard InChI is InChI=1S/C48H66ClN5O13S.C41H59ClN4O11S2.C5H8S.C2H7P2S/c1-26-9-8-10-33(25-56)48(64)22-35(65-46(63)51-48)27(2)42-47(4,67-42)37(21-39(58)53(7)34-19-30(17-26)18-32(24-55)41(34)49)66-45(62)28(3)52(6)38(57)15-16-68-36-20-40(59)54(44(36)61)23-29-11-13-31(14-12-29)43(60)50-5;1-23-10-9-11-29(22-48)41(54)20-31(55-39(53)44-41)25(3)37-40(5,57-37)32(19-35(51)46(8)30-18-27(16-23)17-28(21-47)36(30)42)56-38(52)26(4)45(7)34(50)14-15-58-59-24(2)12-13-33(49)43-6;1-3-4-5-6-2;1-4-5(2)3/h8-10,18-19,27-29,31,33,35-37,42,55-56,64H,11-17,20-25H2,1-7H3,(H,50,60)(H,51,63);9-11,17-18,24-26,29,31-32,37,47-48,54H,12-16,19-22H2,1-8H3,(H,43,49)(H,44,53);5H2,1-2H3;3H,1-2H3/q;;;-1/b10-8+,26-9+;11-9+,23-10+;;/t27-,28+,29?,31?,33+,35+,36?,37+,42+,47+,48+;24?,25-,26+,29+,31+,32+,37+,40+,41+;;/m11../s1. The molecule has 2 unspecified atom stereocenters. The van der Waals surface area contributed by atoms with Gasteiger partial charge in [-0.05, 0) is 147 Å². The van der Waals surface area contributed by atoms with Crippen LogP contribution in [0, 0.1) is 47.3 Å². The maximum atomic E-state index is 14.3. The minimum absolute atomic E-state index is 0.00841. The number of hydrogen-bond donors (Lipinski definition) is 10. The Morgan fingerprint density at radius 1 is 0.688 bits per heavy atom. The van der Waals surface area contributed by atoms with Crippen LogP contribution in [0.2, 0.25) is 10.0 Å².